The highest BCUT2D eigenvalue weighted by molar-refractivity contribution is 5.81. The molecule has 0 unspecified atom stereocenters. The molecule has 3 nitrogen and oxygen atoms in total. The van der Waals surface area contributed by atoms with E-state index < -0.39 is 5.97 Å². The van der Waals surface area contributed by atoms with E-state index in [9.17, 15) is 4.79 Å². The van der Waals surface area contributed by atoms with Crippen LogP contribution in [0, 0.1) is 6.42 Å². The van der Waals surface area contributed by atoms with Gasteiger partial charge in [-0.2, -0.15) is 0 Å². The molecule has 1 N–H and O–H groups in total. The molecule has 0 aliphatic rings. The average molecular weight is 165 g/mol. The van der Waals surface area contributed by atoms with Gasteiger partial charge in [-0.3, -0.25) is 4.79 Å². The van der Waals surface area contributed by atoms with Gasteiger partial charge in [-0.25, -0.2) is 0 Å². The maximum absolute atomic E-state index is 10.2. The first kappa shape index (κ1) is 8.59. The molecular weight excluding hydrogens is 156 g/mol. The largest absolute Gasteiger partial charge is 0.497 e. The Morgan fingerprint density at radius 3 is 2.42 bits per heavy atom. The summed E-state index contributed by atoms with van der Waals surface area (Å²) < 4.78 is 4.91. The molecule has 0 atom stereocenters. The van der Waals surface area contributed by atoms with Crippen molar-refractivity contribution in [2.75, 3.05) is 7.11 Å². The average Bonchev–Trinajstić information content (AvgIpc) is 2.05. The molecule has 0 heterocycles. The molecule has 0 aliphatic carbocycles. The number of benzene rings is 1. The van der Waals surface area contributed by atoms with Gasteiger partial charge in [-0.05, 0) is 17.7 Å². The fraction of sp³-hybridized carbons (Fsp3) is 0.111. The fourth-order valence-corrected chi connectivity index (χ4v) is 0.843. The van der Waals surface area contributed by atoms with Crippen molar-refractivity contribution in [1.82, 2.24) is 0 Å². The minimum Gasteiger partial charge on any atom is -0.497 e. The van der Waals surface area contributed by atoms with E-state index in [1.807, 2.05) is 0 Å². The zero-order chi connectivity index (χ0) is 8.97. The van der Waals surface area contributed by atoms with Gasteiger partial charge in [0.1, 0.15) is 5.75 Å². The summed E-state index contributed by atoms with van der Waals surface area (Å²) in [7, 11) is 1.57. The maximum atomic E-state index is 10.2. The molecule has 1 rings (SSSR count). The molecule has 0 aliphatic heterocycles. The zero-order valence-corrected chi connectivity index (χ0v) is 6.65. The number of hydrogen-bond donors (Lipinski definition) is 1. The van der Waals surface area contributed by atoms with Gasteiger partial charge in [0.2, 0.25) is 0 Å². The van der Waals surface area contributed by atoms with Crippen molar-refractivity contribution in [3.05, 3.63) is 36.2 Å². The number of carbonyl (C=O) groups is 1. The number of methoxy groups -OCH3 is 1. The summed E-state index contributed by atoms with van der Waals surface area (Å²) in [5, 5.41) is 8.41. The molecule has 0 saturated carbocycles. The van der Waals surface area contributed by atoms with E-state index in [-0.39, 0.29) is 0 Å². The van der Waals surface area contributed by atoms with Gasteiger partial charge < -0.3 is 9.84 Å². The number of rotatable bonds is 3. The van der Waals surface area contributed by atoms with Gasteiger partial charge in [0.15, 0.2) is 0 Å². The number of ether oxygens (including phenoxy) is 1. The number of hydrogen-bond acceptors (Lipinski definition) is 2. The van der Waals surface area contributed by atoms with Gasteiger partial charge in [0, 0.05) is 0 Å². The summed E-state index contributed by atoms with van der Waals surface area (Å²) in [4.78, 5) is 10.2. The van der Waals surface area contributed by atoms with E-state index in [1.54, 1.807) is 31.4 Å². The van der Waals surface area contributed by atoms with Crippen LogP contribution in [-0.4, -0.2) is 18.2 Å². The molecule has 0 fully saturated rings. The smallest absolute Gasteiger partial charge is 0.312 e. The minimum absolute atomic E-state index is 0.656. The van der Waals surface area contributed by atoms with Crippen molar-refractivity contribution in [3.63, 3.8) is 0 Å². The molecule has 63 valence electrons. The summed E-state index contributed by atoms with van der Waals surface area (Å²) in [6.07, 6.45) is 1.14. The quantitative estimate of drug-likeness (QED) is 0.735. The van der Waals surface area contributed by atoms with Crippen molar-refractivity contribution in [2.45, 2.75) is 0 Å². The highest BCUT2D eigenvalue weighted by Crippen LogP contribution is 2.12. The van der Waals surface area contributed by atoms with Crippen LogP contribution in [0.15, 0.2) is 24.3 Å². The standard InChI is InChI=1S/C9H9O3/c1-12-8-4-2-7(3-5-8)6-9(10)11/h2-6H,1H3,(H,10,11). The lowest BCUT2D eigenvalue weighted by molar-refractivity contribution is -0.132. The van der Waals surface area contributed by atoms with Crippen molar-refractivity contribution >= 4 is 5.97 Å². The van der Waals surface area contributed by atoms with Gasteiger partial charge in [-0.15, -0.1) is 0 Å². The number of carboxylic acids is 1. The van der Waals surface area contributed by atoms with Gasteiger partial charge in [0.05, 0.1) is 13.5 Å². The molecule has 0 bridgehead atoms. The Bertz CT molecular complexity index is 264. The van der Waals surface area contributed by atoms with Gasteiger partial charge >= 0.3 is 5.97 Å². The molecule has 0 spiro atoms. The maximum Gasteiger partial charge on any atom is 0.312 e. The number of aliphatic carboxylic acids is 1. The van der Waals surface area contributed by atoms with E-state index in [0.29, 0.717) is 5.56 Å². The molecule has 0 saturated heterocycles. The molecule has 12 heavy (non-hydrogen) atoms. The van der Waals surface area contributed by atoms with E-state index in [0.717, 1.165) is 12.2 Å². The molecule has 1 radical (unpaired) electrons. The van der Waals surface area contributed by atoms with Crippen molar-refractivity contribution in [3.8, 4) is 5.75 Å². The Morgan fingerprint density at radius 2 is 2.00 bits per heavy atom. The normalized spacial score (nSPS) is 9.42. The van der Waals surface area contributed by atoms with Crippen molar-refractivity contribution < 1.29 is 14.6 Å². The van der Waals surface area contributed by atoms with E-state index >= 15 is 0 Å². The molecular formula is C9H9O3. The summed E-state index contributed by atoms with van der Waals surface area (Å²) in [5.41, 5.74) is 0.656. The topological polar surface area (TPSA) is 46.5 Å². The molecule has 0 amide bonds. The monoisotopic (exact) mass is 165 g/mol. The summed E-state index contributed by atoms with van der Waals surface area (Å²) in [6, 6.07) is 6.81. The van der Waals surface area contributed by atoms with Crippen LogP contribution < -0.4 is 4.74 Å². The third-order valence-corrected chi connectivity index (χ3v) is 1.41. The minimum atomic E-state index is -0.944. The van der Waals surface area contributed by atoms with E-state index in [4.69, 9.17) is 9.84 Å². The summed E-state index contributed by atoms with van der Waals surface area (Å²) >= 11 is 0. The predicted molar refractivity (Wildman–Crippen MR) is 44.0 cm³/mol. The summed E-state index contributed by atoms with van der Waals surface area (Å²) in [5.74, 6) is -0.224. The first-order valence-corrected chi connectivity index (χ1v) is 3.44. The van der Waals surface area contributed by atoms with Crippen LogP contribution >= 0.6 is 0 Å². The molecule has 3 heteroatoms. The van der Waals surface area contributed by atoms with Gasteiger partial charge in [-0.1, -0.05) is 12.1 Å². The fourth-order valence-electron chi connectivity index (χ4n) is 0.843. The van der Waals surface area contributed by atoms with Crippen LogP contribution in [0.25, 0.3) is 0 Å². The van der Waals surface area contributed by atoms with Crippen molar-refractivity contribution in [1.29, 1.82) is 0 Å². The third kappa shape index (κ3) is 2.27. The highest BCUT2D eigenvalue weighted by Gasteiger charge is 2.00. The molecule has 1 aromatic rings. The number of carboxylic acid groups (broad SMARTS) is 1. The van der Waals surface area contributed by atoms with Crippen LogP contribution in [0.5, 0.6) is 5.75 Å². The lowest BCUT2D eigenvalue weighted by atomic mass is 10.1. The Kier molecular flexibility index (Phi) is 2.69. The SMILES string of the molecule is COc1ccc([CH]C(=O)O)cc1. The van der Waals surface area contributed by atoms with Crippen LogP contribution in [0.1, 0.15) is 5.56 Å². The lowest BCUT2D eigenvalue weighted by Crippen LogP contribution is -1.96. The Hall–Kier alpha value is -1.51. The first-order valence-electron chi connectivity index (χ1n) is 3.44. The zero-order valence-electron chi connectivity index (χ0n) is 6.65. The highest BCUT2D eigenvalue weighted by atomic mass is 16.5. The van der Waals surface area contributed by atoms with Crippen LogP contribution in [0.3, 0.4) is 0 Å². The van der Waals surface area contributed by atoms with E-state index in [2.05, 4.69) is 0 Å². The summed E-state index contributed by atoms with van der Waals surface area (Å²) in [6.45, 7) is 0. The second-order valence-electron chi connectivity index (χ2n) is 2.26. The van der Waals surface area contributed by atoms with Crippen LogP contribution in [0.4, 0.5) is 0 Å². The Morgan fingerprint density at radius 1 is 1.42 bits per heavy atom. The Balaban J connectivity index is 2.71. The second-order valence-corrected chi connectivity index (χ2v) is 2.26. The lowest BCUT2D eigenvalue weighted by Gasteiger charge is -1.99. The van der Waals surface area contributed by atoms with Crippen LogP contribution in [0.2, 0.25) is 0 Å². The Labute approximate surface area is 70.6 Å². The van der Waals surface area contributed by atoms with Crippen molar-refractivity contribution in [2.24, 2.45) is 0 Å². The first-order chi connectivity index (χ1) is 5.72. The predicted octanol–water partition coefficient (Wildman–Crippen LogP) is 1.33. The van der Waals surface area contributed by atoms with Gasteiger partial charge in [0.25, 0.3) is 0 Å². The molecule has 1 aromatic carbocycles. The van der Waals surface area contributed by atoms with Crippen LogP contribution in [-0.2, 0) is 4.79 Å². The van der Waals surface area contributed by atoms with E-state index in [1.165, 1.54) is 0 Å². The molecule has 0 aromatic heterocycles. The second kappa shape index (κ2) is 3.76. The third-order valence-electron chi connectivity index (χ3n) is 1.41.